The molecule has 1 fully saturated rings. The number of rotatable bonds is 7. The summed E-state index contributed by atoms with van der Waals surface area (Å²) in [6.45, 7) is 3.63. The third kappa shape index (κ3) is 5.84. The standard InChI is InChI=1S/C21H25N3O5/c1-2-28-17-5-7-18(8-6-17)29-19-12-15(9-10-22-19)13-23-21(27)24-11-3-4-16(14-24)20(25)26/h5-10,12,16H,2-4,11,13-14H2,1H3,(H,23,27)(H,25,26). The van der Waals surface area contributed by atoms with E-state index in [0.29, 0.717) is 44.2 Å². The normalized spacial score (nSPS) is 16.2. The topological polar surface area (TPSA) is 101 Å². The fourth-order valence-corrected chi connectivity index (χ4v) is 3.16. The van der Waals surface area contributed by atoms with Crippen molar-refractivity contribution in [3.63, 3.8) is 0 Å². The smallest absolute Gasteiger partial charge is 0.317 e. The highest BCUT2D eigenvalue weighted by Gasteiger charge is 2.27. The Bertz CT molecular complexity index is 840. The molecule has 2 amide bonds. The van der Waals surface area contributed by atoms with E-state index < -0.39 is 11.9 Å². The Labute approximate surface area is 169 Å². The van der Waals surface area contributed by atoms with Crippen molar-refractivity contribution in [2.75, 3.05) is 19.7 Å². The number of amides is 2. The maximum Gasteiger partial charge on any atom is 0.317 e. The van der Waals surface area contributed by atoms with E-state index in [-0.39, 0.29) is 12.6 Å². The zero-order valence-electron chi connectivity index (χ0n) is 16.3. The Balaban J connectivity index is 1.54. The molecule has 2 N–H and O–H groups in total. The van der Waals surface area contributed by atoms with Gasteiger partial charge >= 0.3 is 12.0 Å². The van der Waals surface area contributed by atoms with Gasteiger partial charge in [-0.05, 0) is 55.7 Å². The number of benzene rings is 1. The molecule has 2 aromatic rings. The summed E-state index contributed by atoms with van der Waals surface area (Å²) in [5.74, 6) is 0.476. The molecule has 8 heteroatoms. The lowest BCUT2D eigenvalue weighted by Crippen LogP contribution is -2.46. The largest absolute Gasteiger partial charge is 0.494 e. The first-order valence-corrected chi connectivity index (χ1v) is 9.66. The summed E-state index contributed by atoms with van der Waals surface area (Å²) in [4.78, 5) is 29.3. The minimum absolute atomic E-state index is 0.240. The maximum atomic E-state index is 12.4. The van der Waals surface area contributed by atoms with Gasteiger partial charge in [0.15, 0.2) is 0 Å². The van der Waals surface area contributed by atoms with Crippen LogP contribution in [0.2, 0.25) is 0 Å². The van der Waals surface area contributed by atoms with Gasteiger partial charge in [-0.1, -0.05) is 0 Å². The number of nitrogens with one attached hydrogen (secondary N) is 1. The van der Waals surface area contributed by atoms with E-state index in [0.717, 1.165) is 11.3 Å². The zero-order valence-corrected chi connectivity index (χ0v) is 16.3. The van der Waals surface area contributed by atoms with Crippen molar-refractivity contribution < 1.29 is 24.2 Å². The first-order chi connectivity index (χ1) is 14.0. The maximum absolute atomic E-state index is 12.4. The monoisotopic (exact) mass is 399 g/mol. The number of piperidine rings is 1. The third-order valence-electron chi connectivity index (χ3n) is 4.66. The summed E-state index contributed by atoms with van der Waals surface area (Å²) in [5, 5.41) is 12.0. The Morgan fingerprint density at radius 1 is 1.24 bits per heavy atom. The number of carboxylic acids is 1. The molecule has 8 nitrogen and oxygen atoms in total. The molecule has 0 bridgehead atoms. The molecule has 0 radical (unpaired) electrons. The van der Waals surface area contributed by atoms with Gasteiger partial charge in [0.25, 0.3) is 0 Å². The van der Waals surface area contributed by atoms with E-state index in [2.05, 4.69) is 10.3 Å². The van der Waals surface area contributed by atoms with Gasteiger partial charge < -0.3 is 24.8 Å². The molecule has 154 valence electrons. The summed E-state index contributed by atoms with van der Waals surface area (Å²) >= 11 is 0. The van der Waals surface area contributed by atoms with E-state index in [1.807, 2.05) is 19.1 Å². The second-order valence-electron chi connectivity index (χ2n) is 6.79. The highest BCUT2D eigenvalue weighted by atomic mass is 16.5. The van der Waals surface area contributed by atoms with E-state index in [9.17, 15) is 9.59 Å². The second kappa shape index (κ2) is 9.77. The number of aliphatic carboxylic acids is 1. The number of carbonyl (C=O) groups excluding carboxylic acids is 1. The van der Waals surface area contributed by atoms with Crippen LogP contribution in [0.1, 0.15) is 25.3 Å². The molecule has 0 aliphatic carbocycles. The summed E-state index contributed by atoms with van der Waals surface area (Å²) in [5.41, 5.74) is 0.834. The minimum atomic E-state index is -0.854. The summed E-state index contributed by atoms with van der Waals surface area (Å²) in [7, 11) is 0. The Kier molecular flexibility index (Phi) is 6.89. The first kappa shape index (κ1) is 20.4. The van der Waals surface area contributed by atoms with Crippen LogP contribution in [0.15, 0.2) is 42.6 Å². The van der Waals surface area contributed by atoms with Crippen LogP contribution in [0, 0.1) is 5.92 Å². The van der Waals surface area contributed by atoms with Crippen molar-refractivity contribution >= 4 is 12.0 Å². The van der Waals surface area contributed by atoms with E-state index >= 15 is 0 Å². The second-order valence-corrected chi connectivity index (χ2v) is 6.79. The molecule has 29 heavy (non-hydrogen) atoms. The number of hydrogen-bond acceptors (Lipinski definition) is 5. The van der Waals surface area contributed by atoms with Gasteiger partial charge in [0.05, 0.1) is 12.5 Å². The van der Waals surface area contributed by atoms with Crippen LogP contribution in [-0.4, -0.2) is 46.7 Å². The average Bonchev–Trinajstić information content (AvgIpc) is 2.74. The molecule has 1 atom stereocenters. The lowest BCUT2D eigenvalue weighted by molar-refractivity contribution is -0.143. The van der Waals surface area contributed by atoms with Crippen molar-refractivity contribution in [3.05, 3.63) is 48.2 Å². The number of hydrogen-bond donors (Lipinski definition) is 2. The molecule has 1 aliphatic rings. The quantitative estimate of drug-likeness (QED) is 0.741. The van der Waals surface area contributed by atoms with Crippen LogP contribution in [0.4, 0.5) is 4.79 Å². The average molecular weight is 399 g/mol. The fourth-order valence-electron chi connectivity index (χ4n) is 3.16. The van der Waals surface area contributed by atoms with Gasteiger partial charge in [-0.25, -0.2) is 9.78 Å². The lowest BCUT2D eigenvalue weighted by Gasteiger charge is -2.30. The van der Waals surface area contributed by atoms with Gasteiger partial charge in [-0.3, -0.25) is 4.79 Å². The number of carboxylic acid groups (broad SMARTS) is 1. The van der Waals surface area contributed by atoms with Gasteiger partial charge in [0.2, 0.25) is 5.88 Å². The molecule has 1 unspecified atom stereocenters. The fraction of sp³-hybridized carbons (Fsp3) is 0.381. The molecule has 1 aromatic heterocycles. The number of likely N-dealkylation sites (tertiary alicyclic amines) is 1. The van der Waals surface area contributed by atoms with Crippen molar-refractivity contribution in [3.8, 4) is 17.4 Å². The molecule has 2 heterocycles. The van der Waals surface area contributed by atoms with Gasteiger partial charge in [-0.2, -0.15) is 0 Å². The highest BCUT2D eigenvalue weighted by Crippen LogP contribution is 2.23. The highest BCUT2D eigenvalue weighted by molar-refractivity contribution is 5.76. The molecule has 3 rings (SSSR count). The Hall–Kier alpha value is -3.29. The van der Waals surface area contributed by atoms with Crippen LogP contribution < -0.4 is 14.8 Å². The van der Waals surface area contributed by atoms with Gasteiger partial charge in [0.1, 0.15) is 11.5 Å². The van der Waals surface area contributed by atoms with Crippen LogP contribution in [-0.2, 0) is 11.3 Å². The number of nitrogens with zero attached hydrogens (tertiary/aromatic N) is 2. The Morgan fingerprint density at radius 2 is 2.00 bits per heavy atom. The van der Waals surface area contributed by atoms with Crippen molar-refractivity contribution in [1.29, 1.82) is 0 Å². The molecular formula is C21H25N3O5. The van der Waals surface area contributed by atoms with E-state index in [1.165, 1.54) is 0 Å². The summed E-state index contributed by atoms with van der Waals surface area (Å²) in [6.07, 6.45) is 2.92. The summed E-state index contributed by atoms with van der Waals surface area (Å²) < 4.78 is 11.2. The number of ether oxygens (including phenoxy) is 2. The summed E-state index contributed by atoms with van der Waals surface area (Å²) in [6, 6.07) is 10.5. The number of pyridine rings is 1. The molecule has 0 spiro atoms. The molecule has 1 aliphatic heterocycles. The first-order valence-electron chi connectivity index (χ1n) is 9.66. The van der Waals surface area contributed by atoms with E-state index in [4.69, 9.17) is 14.6 Å². The zero-order chi connectivity index (χ0) is 20.6. The van der Waals surface area contributed by atoms with Crippen molar-refractivity contribution in [1.82, 2.24) is 15.2 Å². The third-order valence-corrected chi connectivity index (χ3v) is 4.66. The number of carbonyl (C=O) groups is 2. The molecule has 1 saturated heterocycles. The Morgan fingerprint density at radius 3 is 2.72 bits per heavy atom. The van der Waals surface area contributed by atoms with Crippen molar-refractivity contribution in [2.24, 2.45) is 5.92 Å². The minimum Gasteiger partial charge on any atom is -0.494 e. The predicted octanol–water partition coefficient (Wildman–Crippen LogP) is 3.28. The molecular weight excluding hydrogens is 374 g/mol. The SMILES string of the molecule is CCOc1ccc(Oc2cc(CNC(=O)N3CCCC(C(=O)O)C3)ccn2)cc1. The van der Waals surface area contributed by atoms with Crippen molar-refractivity contribution in [2.45, 2.75) is 26.3 Å². The van der Waals surface area contributed by atoms with Crippen LogP contribution in [0.3, 0.4) is 0 Å². The van der Waals surface area contributed by atoms with Crippen LogP contribution in [0.25, 0.3) is 0 Å². The lowest BCUT2D eigenvalue weighted by atomic mass is 9.99. The van der Waals surface area contributed by atoms with Crippen LogP contribution >= 0.6 is 0 Å². The number of aromatic nitrogens is 1. The van der Waals surface area contributed by atoms with Gasteiger partial charge in [-0.15, -0.1) is 0 Å². The molecule has 1 aromatic carbocycles. The number of urea groups is 1. The molecule has 0 saturated carbocycles. The van der Waals surface area contributed by atoms with Gasteiger partial charge in [0, 0.05) is 31.9 Å². The van der Waals surface area contributed by atoms with Crippen LogP contribution in [0.5, 0.6) is 17.4 Å². The van der Waals surface area contributed by atoms with E-state index in [1.54, 1.807) is 35.4 Å². The predicted molar refractivity (Wildman–Crippen MR) is 106 cm³/mol.